The van der Waals surface area contributed by atoms with Crippen molar-refractivity contribution < 1.29 is 4.74 Å². The second kappa shape index (κ2) is 6.79. The van der Waals surface area contributed by atoms with Crippen molar-refractivity contribution in [3.8, 4) is 28.4 Å². The molecule has 3 aromatic heterocycles. The predicted molar refractivity (Wildman–Crippen MR) is 97.7 cm³/mol. The van der Waals surface area contributed by atoms with Crippen LogP contribution in [0.25, 0.3) is 22.6 Å². The topological polar surface area (TPSA) is 81.5 Å². The maximum Gasteiger partial charge on any atom is 0.118 e. The molecule has 0 spiro atoms. The minimum Gasteiger partial charge on any atom is -0.497 e. The summed E-state index contributed by atoms with van der Waals surface area (Å²) in [6.45, 7) is 2.65. The van der Waals surface area contributed by atoms with Gasteiger partial charge < -0.3 is 9.30 Å². The van der Waals surface area contributed by atoms with Crippen LogP contribution < -0.4 is 4.74 Å². The van der Waals surface area contributed by atoms with Crippen molar-refractivity contribution in [3.05, 3.63) is 66.4 Å². The van der Waals surface area contributed by atoms with Crippen molar-refractivity contribution in [2.24, 2.45) is 0 Å². The van der Waals surface area contributed by atoms with Gasteiger partial charge in [-0.05, 0) is 36.8 Å². The third-order valence-electron chi connectivity index (χ3n) is 4.18. The van der Waals surface area contributed by atoms with Crippen molar-refractivity contribution >= 4 is 0 Å². The average molecular weight is 346 g/mol. The van der Waals surface area contributed by atoms with E-state index in [9.17, 15) is 0 Å². The van der Waals surface area contributed by atoms with Gasteiger partial charge in [-0.1, -0.05) is 12.1 Å². The summed E-state index contributed by atoms with van der Waals surface area (Å²) in [5.41, 5.74) is 5.44. The summed E-state index contributed by atoms with van der Waals surface area (Å²) in [4.78, 5) is 8.93. The first kappa shape index (κ1) is 16.0. The summed E-state index contributed by atoms with van der Waals surface area (Å²) < 4.78 is 7.23. The van der Waals surface area contributed by atoms with Crippen LogP contribution >= 0.6 is 0 Å². The van der Waals surface area contributed by atoms with Gasteiger partial charge in [0.25, 0.3) is 0 Å². The number of H-pyrrole nitrogens is 1. The molecule has 130 valence electrons. The lowest BCUT2D eigenvalue weighted by atomic mass is 10.1. The third-order valence-corrected chi connectivity index (χ3v) is 4.18. The third kappa shape index (κ3) is 3.19. The standard InChI is InChI=1S/C19H18N6O/c1-13-19(23-24-22-13)15-7-8-20-17(9-15)18-11-25(12-21-18)10-14-3-5-16(26-2)6-4-14/h3-9,11-12H,10H2,1-2H3,(H,22,23,24). The molecule has 0 radical (unpaired) electrons. The van der Waals surface area contributed by atoms with E-state index in [0.717, 1.165) is 40.6 Å². The summed E-state index contributed by atoms with van der Waals surface area (Å²) >= 11 is 0. The molecule has 3 heterocycles. The van der Waals surface area contributed by atoms with E-state index in [-0.39, 0.29) is 0 Å². The second-order valence-corrected chi connectivity index (χ2v) is 5.97. The molecule has 0 saturated carbocycles. The summed E-state index contributed by atoms with van der Waals surface area (Å²) in [7, 11) is 1.67. The fourth-order valence-electron chi connectivity index (χ4n) is 2.80. The minimum atomic E-state index is 0.735. The van der Waals surface area contributed by atoms with E-state index >= 15 is 0 Å². The van der Waals surface area contributed by atoms with Gasteiger partial charge in [-0.3, -0.25) is 4.98 Å². The van der Waals surface area contributed by atoms with Gasteiger partial charge in [0.15, 0.2) is 0 Å². The molecule has 0 bridgehead atoms. The van der Waals surface area contributed by atoms with E-state index < -0.39 is 0 Å². The molecule has 26 heavy (non-hydrogen) atoms. The van der Waals surface area contributed by atoms with Crippen LogP contribution in [0.5, 0.6) is 5.75 Å². The molecule has 0 aliphatic heterocycles. The van der Waals surface area contributed by atoms with Crippen LogP contribution in [0, 0.1) is 6.92 Å². The molecule has 0 fully saturated rings. The lowest BCUT2D eigenvalue weighted by Crippen LogP contribution is -1.96. The average Bonchev–Trinajstić information content (AvgIpc) is 3.31. The lowest BCUT2D eigenvalue weighted by molar-refractivity contribution is 0.414. The number of hydrogen-bond acceptors (Lipinski definition) is 5. The Balaban J connectivity index is 1.57. The van der Waals surface area contributed by atoms with Crippen molar-refractivity contribution in [2.75, 3.05) is 7.11 Å². The monoisotopic (exact) mass is 346 g/mol. The number of nitrogens with zero attached hydrogens (tertiary/aromatic N) is 5. The van der Waals surface area contributed by atoms with Gasteiger partial charge in [0, 0.05) is 24.5 Å². The van der Waals surface area contributed by atoms with E-state index in [2.05, 4.69) is 25.4 Å². The van der Waals surface area contributed by atoms with E-state index in [0.29, 0.717) is 0 Å². The Morgan fingerprint density at radius 3 is 2.62 bits per heavy atom. The normalized spacial score (nSPS) is 10.8. The molecule has 0 aliphatic carbocycles. The van der Waals surface area contributed by atoms with Crippen LogP contribution in [0.4, 0.5) is 0 Å². The van der Waals surface area contributed by atoms with Gasteiger partial charge >= 0.3 is 0 Å². The van der Waals surface area contributed by atoms with Crippen molar-refractivity contribution in [1.29, 1.82) is 0 Å². The Labute approximate surface area is 150 Å². The number of hydrogen-bond donors (Lipinski definition) is 1. The van der Waals surface area contributed by atoms with Gasteiger partial charge in [0.2, 0.25) is 0 Å². The summed E-state index contributed by atoms with van der Waals surface area (Å²) in [5.74, 6) is 0.851. The quantitative estimate of drug-likeness (QED) is 0.600. The van der Waals surface area contributed by atoms with Crippen LogP contribution in [0.1, 0.15) is 11.3 Å². The number of aromatic nitrogens is 6. The van der Waals surface area contributed by atoms with Crippen LogP contribution in [-0.4, -0.2) is 37.1 Å². The van der Waals surface area contributed by atoms with Crippen LogP contribution in [0.15, 0.2) is 55.1 Å². The predicted octanol–water partition coefficient (Wildman–Crippen LogP) is 3.10. The largest absolute Gasteiger partial charge is 0.497 e. The molecule has 0 unspecified atom stereocenters. The Bertz CT molecular complexity index is 1020. The zero-order chi connectivity index (χ0) is 17.9. The molecule has 1 N–H and O–H groups in total. The summed E-state index contributed by atoms with van der Waals surface area (Å²) in [6.07, 6.45) is 5.57. The highest BCUT2D eigenvalue weighted by molar-refractivity contribution is 5.67. The van der Waals surface area contributed by atoms with E-state index in [1.165, 1.54) is 5.56 Å². The number of aryl methyl sites for hydroxylation is 1. The summed E-state index contributed by atoms with van der Waals surface area (Å²) in [6, 6.07) is 11.9. The maximum absolute atomic E-state index is 5.19. The number of benzene rings is 1. The number of rotatable bonds is 5. The molecule has 7 nitrogen and oxygen atoms in total. The number of nitrogens with one attached hydrogen (secondary N) is 1. The number of pyridine rings is 1. The van der Waals surface area contributed by atoms with Gasteiger partial charge in [-0.2, -0.15) is 15.4 Å². The van der Waals surface area contributed by atoms with E-state index in [4.69, 9.17) is 4.74 Å². The van der Waals surface area contributed by atoms with Gasteiger partial charge in [0.05, 0.1) is 24.8 Å². The molecular formula is C19H18N6O. The fourth-order valence-corrected chi connectivity index (χ4v) is 2.80. The smallest absolute Gasteiger partial charge is 0.118 e. The van der Waals surface area contributed by atoms with Gasteiger partial charge in [-0.25, -0.2) is 4.98 Å². The first-order valence-corrected chi connectivity index (χ1v) is 8.22. The van der Waals surface area contributed by atoms with Gasteiger partial charge in [0.1, 0.15) is 17.1 Å². The Morgan fingerprint density at radius 1 is 1.04 bits per heavy atom. The number of ether oxygens (including phenoxy) is 1. The summed E-state index contributed by atoms with van der Waals surface area (Å²) in [5, 5.41) is 10.9. The highest BCUT2D eigenvalue weighted by atomic mass is 16.5. The molecule has 7 heteroatoms. The minimum absolute atomic E-state index is 0.735. The molecule has 4 aromatic rings. The van der Waals surface area contributed by atoms with E-state index in [1.54, 1.807) is 13.3 Å². The first-order valence-electron chi connectivity index (χ1n) is 8.22. The first-order chi connectivity index (χ1) is 12.7. The molecule has 0 saturated heterocycles. The molecular weight excluding hydrogens is 328 g/mol. The van der Waals surface area contributed by atoms with Crippen molar-refractivity contribution in [2.45, 2.75) is 13.5 Å². The molecule has 0 atom stereocenters. The number of imidazole rings is 1. The maximum atomic E-state index is 5.19. The number of aromatic amines is 1. The van der Waals surface area contributed by atoms with Crippen LogP contribution in [0.2, 0.25) is 0 Å². The fraction of sp³-hybridized carbons (Fsp3) is 0.158. The SMILES string of the molecule is COc1ccc(Cn2cnc(-c3cc(-c4n[nH]nc4C)ccn3)c2)cc1. The molecule has 1 aromatic carbocycles. The van der Waals surface area contributed by atoms with Crippen molar-refractivity contribution in [1.82, 2.24) is 29.9 Å². The molecule has 0 aliphatic rings. The lowest BCUT2D eigenvalue weighted by Gasteiger charge is -2.04. The Morgan fingerprint density at radius 2 is 1.88 bits per heavy atom. The van der Waals surface area contributed by atoms with Crippen molar-refractivity contribution in [3.63, 3.8) is 0 Å². The van der Waals surface area contributed by atoms with Crippen LogP contribution in [-0.2, 0) is 6.54 Å². The Hall–Kier alpha value is -3.48. The van der Waals surface area contributed by atoms with E-state index in [1.807, 2.05) is 60.4 Å². The number of methoxy groups -OCH3 is 1. The Kier molecular flexibility index (Phi) is 4.18. The zero-order valence-electron chi connectivity index (χ0n) is 14.5. The highest BCUT2D eigenvalue weighted by Crippen LogP contribution is 2.23. The zero-order valence-corrected chi connectivity index (χ0v) is 14.5. The molecule has 0 amide bonds. The highest BCUT2D eigenvalue weighted by Gasteiger charge is 2.10. The van der Waals surface area contributed by atoms with Crippen LogP contribution in [0.3, 0.4) is 0 Å². The second-order valence-electron chi connectivity index (χ2n) is 5.97. The molecule has 4 rings (SSSR count). The van der Waals surface area contributed by atoms with Gasteiger partial charge in [-0.15, -0.1) is 0 Å².